The van der Waals surface area contributed by atoms with E-state index in [0.717, 1.165) is 0 Å². The smallest absolute Gasteiger partial charge is 0.130 e. The van der Waals surface area contributed by atoms with Crippen molar-refractivity contribution in [2.45, 2.75) is 31.5 Å². The van der Waals surface area contributed by atoms with Gasteiger partial charge in [0.2, 0.25) is 0 Å². The first-order valence-corrected chi connectivity index (χ1v) is 10.1. The summed E-state index contributed by atoms with van der Waals surface area (Å²) < 4.78 is 0. The van der Waals surface area contributed by atoms with Crippen LogP contribution in [0.15, 0.2) is 30.0 Å². The number of nitrogens with two attached hydrogens (primary N) is 1. The van der Waals surface area contributed by atoms with Gasteiger partial charge < -0.3 is 10.3 Å². The fraction of sp³-hybridized carbons (Fsp3) is 0.467. The number of allylic oxidation sites excluding steroid dienone is 1. The number of benzene rings is 1. The summed E-state index contributed by atoms with van der Waals surface area (Å²) in [5.41, 5.74) is 4.81. The molecule has 1 heterocycles. The van der Waals surface area contributed by atoms with Gasteiger partial charge in [-0.15, -0.1) is 0 Å². The monoisotopic (exact) mass is 258 g/mol. The Morgan fingerprint density at radius 1 is 1.17 bits per heavy atom. The van der Waals surface area contributed by atoms with Crippen LogP contribution in [-0.4, -0.2) is 26.2 Å². The molecular formula is C15H22N2Si. The van der Waals surface area contributed by atoms with E-state index in [1.165, 1.54) is 42.8 Å². The molecule has 0 saturated carbocycles. The van der Waals surface area contributed by atoms with Crippen LogP contribution in [0.3, 0.4) is 0 Å². The molecule has 1 aliphatic carbocycles. The largest absolute Gasteiger partial charge is 0.375 e. The quantitative estimate of drug-likeness (QED) is 0.827. The molecule has 2 aliphatic rings. The third-order valence-electron chi connectivity index (χ3n) is 4.12. The molecule has 3 rings (SSSR count). The Morgan fingerprint density at radius 2 is 1.83 bits per heavy atom. The topological polar surface area (TPSA) is 29.3 Å². The summed E-state index contributed by atoms with van der Waals surface area (Å²) in [5, 5.41) is 6.58. The van der Waals surface area contributed by atoms with Gasteiger partial charge in [-0.2, -0.15) is 0 Å². The number of fused-ring (bicyclic) bond motifs is 1. The number of nitrogens with zero attached hydrogens (tertiary/aromatic N) is 1. The summed E-state index contributed by atoms with van der Waals surface area (Å²) in [6.45, 7) is 6.98. The second-order valence-electron chi connectivity index (χ2n) is 6.15. The molecule has 0 radical (unpaired) electrons. The lowest BCUT2D eigenvalue weighted by atomic mass is 10.1. The summed E-state index contributed by atoms with van der Waals surface area (Å²) >= 11 is 0. The molecule has 1 unspecified atom stereocenters. The van der Waals surface area contributed by atoms with Crippen molar-refractivity contribution in [3.05, 3.63) is 41.1 Å². The SMILES string of the molecule is C[Si](C)(N)C1C(N2CCCC2)=Cc2ccccc21. The Morgan fingerprint density at radius 3 is 2.50 bits per heavy atom. The first kappa shape index (κ1) is 12.0. The van der Waals surface area contributed by atoms with Crippen molar-refractivity contribution >= 4 is 14.3 Å². The van der Waals surface area contributed by atoms with Gasteiger partial charge in [-0.25, -0.2) is 0 Å². The Bertz CT molecular complexity index is 482. The Balaban J connectivity index is 2.03. The van der Waals surface area contributed by atoms with Crippen molar-refractivity contribution in [3.8, 4) is 0 Å². The van der Waals surface area contributed by atoms with Gasteiger partial charge in [0, 0.05) is 24.3 Å². The summed E-state index contributed by atoms with van der Waals surface area (Å²) in [4.78, 5) is 2.56. The zero-order chi connectivity index (χ0) is 12.8. The van der Waals surface area contributed by atoms with E-state index >= 15 is 0 Å². The molecule has 0 amide bonds. The van der Waals surface area contributed by atoms with E-state index in [1.807, 2.05) is 0 Å². The molecule has 1 fully saturated rings. The molecule has 0 spiro atoms. The highest BCUT2D eigenvalue weighted by atomic mass is 28.3. The fourth-order valence-electron chi connectivity index (χ4n) is 3.34. The molecule has 1 aromatic carbocycles. The minimum atomic E-state index is -1.72. The standard InChI is InChI=1S/C15H22N2Si/c1-18(2,16)15-13-8-4-3-7-12(13)11-14(15)17-9-5-6-10-17/h3-4,7-8,11,15H,5-6,9-10,16H2,1-2H3. The highest BCUT2D eigenvalue weighted by Crippen LogP contribution is 2.42. The summed E-state index contributed by atoms with van der Waals surface area (Å²) in [6.07, 6.45) is 5.03. The van der Waals surface area contributed by atoms with E-state index in [-0.39, 0.29) is 0 Å². The predicted molar refractivity (Wildman–Crippen MR) is 79.6 cm³/mol. The van der Waals surface area contributed by atoms with Crippen molar-refractivity contribution in [2.24, 2.45) is 5.40 Å². The minimum absolute atomic E-state index is 0.479. The molecule has 18 heavy (non-hydrogen) atoms. The second kappa shape index (κ2) is 4.25. The number of rotatable bonds is 2. The van der Waals surface area contributed by atoms with Gasteiger partial charge in [0.15, 0.2) is 0 Å². The van der Waals surface area contributed by atoms with Gasteiger partial charge in [-0.1, -0.05) is 37.4 Å². The second-order valence-corrected chi connectivity index (χ2v) is 10.4. The molecule has 1 atom stereocenters. The number of hydrogen-bond acceptors (Lipinski definition) is 2. The van der Waals surface area contributed by atoms with Crippen molar-refractivity contribution < 1.29 is 0 Å². The minimum Gasteiger partial charge on any atom is -0.375 e. The Hall–Kier alpha value is -1.06. The van der Waals surface area contributed by atoms with Crippen molar-refractivity contribution in [2.75, 3.05) is 13.1 Å². The lowest BCUT2D eigenvalue weighted by Crippen LogP contribution is -2.47. The third kappa shape index (κ3) is 1.91. The van der Waals surface area contributed by atoms with Gasteiger partial charge in [-0.05, 0) is 30.0 Å². The van der Waals surface area contributed by atoms with E-state index in [9.17, 15) is 0 Å². The van der Waals surface area contributed by atoms with Crippen LogP contribution in [0.2, 0.25) is 13.1 Å². The molecule has 2 N–H and O–H groups in total. The van der Waals surface area contributed by atoms with E-state index in [1.54, 1.807) is 0 Å². The van der Waals surface area contributed by atoms with Gasteiger partial charge in [0.1, 0.15) is 8.24 Å². The predicted octanol–water partition coefficient (Wildman–Crippen LogP) is 2.92. The van der Waals surface area contributed by atoms with Crippen LogP contribution in [0.5, 0.6) is 0 Å². The maximum Gasteiger partial charge on any atom is 0.130 e. The zero-order valence-corrected chi connectivity index (χ0v) is 12.3. The first-order valence-electron chi connectivity index (χ1n) is 6.92. The van der Waals surface area contributed by atoms with Crippen molar-refractivity contribution in [3.63, 3.8) is 0 Å². The van der Waals surface area contributed by atoms with Crippen LogP contribution >= 0.6 is 0 Å². The number of hydrogen-bond donors (Lipinski definition) is 1. The highest BCUT2D eigenvalue weighted by Gasteiger charge is 2.39. The molecule has 1 saturated heterocycles. The van der Waals surface area contributed by atoms with Crippen LogP contribution in [-0.2, 0) is 0 Å². The average molecular weight is 258 g/mol. The van der Waals surface area contributed by atoms with Gasteiger partial charge in [0.05, 0.1) is 0 Å². The molecule has 0 bridgehead atoms. The zero-order valence-electron chi connectivity index (χ0n) is 11.3. The fourth-order valence-corrected chi connectivity index (χ4v) is 5.43. The number of likely N-dealkylation sites (tertiary alicyclic amines) is 1. The van der Waals surface area contributed by atoms with Crippen LogP contribution in [0.25, 0.3) is 6.08 Å². The van der Waals surface area contributed by atoms with Crippen LogP contribution < -0.4 is 5.40 Å². The molecule has 2 nitrogen and oxygen atoms in total. The van der Waals surface area contributed by atoms with Crippen molar-refractivity contribution in [1.29, 1.82) is 0 Å². The summed E-state index contributed by atoms with van der Waals surface area (Å²) in [6, 6.07) is 8.77. The molecule has 0 aromatic heterocycles. The molecular weight excluding hydrogens is 236 g/mol. The van der Waals surface area contributed by atoms with E-state index in [4.69, 9.17) is 5.40 Å². The van der Waals surface area contributed by atoms with E-state index < -0.39 is 8.24 Å². The normalized spacial score (nSPS) is 23.2. The van der Waals surface area contributed by atoms with Crippen LogP contribution in [0.4, 0.5) is 0 Å². The van der Waals surface area contributed by atoms with Crippen LogP contribution in [0, 0.1) is 0 Å². The average Bonchev–Trinajstić information content (AvgIpc) is 2.94. The maximum atomic E-state index is 6.58. The molecule has 1 aromatic rings. The Labute approximate surface area is 111 Å². The van der Waals surface area contributed by atoms with Gasteiger partial charge in [-0.3, -0.25) is 0 Å². The molecule has 1 aliphatic heterocycles. The molecule has 96 valence electrons. The summed E-state index contributed by atoms with van der Waals surface area (Å²) in [5.74, 6) is 0. The van der Waals surface area contributed by atoms with E-state index in [2.05, 4.69) is 48.3 Å². The third-order valence-corrected chi connectivity index (χ3v) is 6.22. The lowest BCUT2D eigenvalue weighted by Gasteiger charge is -2.33. The van der Waals surface area contributed by atoms with Gasteiger partial charge in [0.25, 0.3) is 0 Å². The summed E-state index contributed by atoms with van der Waals surface area (Å²) in [7, 11) is -1.72. The van der Waals surface area contributed by atoms with E-state index in [0.29, 0.717) is 5.54 Å². The lowest BCUT2D eigenvalue weighted by molar-refractivity contribution is 0.417. The maximum absolute atomic E-state index is 6.58. The first-order chi connectivity index (χ1) is 8.57. The molecule has 3 heteroatoms. The van der Waals surface area contributed by atoms with Crippen LogP contribution in [0.1, 0.15) is 29.5 Å². The Kier molecular flexibility index (Phi) is 2.83. The van der Waals surface area contributed by atoms with Gasteiger partial charge >= 0.3 is 0 Å². The van der Waals surface area contributed by atoms with Crippen molar-refractivity contribution in [1.82, 2.24) is 4.90 Å². The highest BCUT2D eigenvalue weighted by molar-refractivity contribution is 6.76.